The third-order valence-electron chi connectivity index (χ3n) is 6.15. The molecule has 0 spiro atoms. The zero-order valence-electron chi connectivity index (χ0n) is 19.9. The predicted octanol–water partition coefficient (Wildman–Crippen LogP) is 5.46. The van der Waals surface area contributed by atoms with Gasteiger partial charge in [0, 0.05) is 23.8 Å². The van der Waals surface area contributed by atoms with Crippen LogP contribution in [0.2, 0.25) is 5.02 Å². The maximum absolute atomic E-state index is 13.6. The topological polar surface area (TPSA) is 92.5 Å². The summed E-state index contributed by atoms with van der Waals surface area (Å²) in [5.74, 6) is -0.510. The number of anilines is 1. The molecule has 0 radical (unpaired) electrons. The van der Waals surface area contributed by atoms with Gasteiger partial charge < -0.3 is 9.84 Å². The van der Waals surface area contributed by atoms with Crippen molar-refractivity contribution in [3.8, 4) is 0 Å². The van der Waals surface area contributed by atoms with Crippen LogP contribution in [0, 0.1) is 26.7 Å². The van der Waals surface area contributed by atoms with Crippen LogP contribution in [0.5, 0.6) is 0 Å². The fourth-order valence-corrected chi connectivity index (χ4v) is 6.09. The van der Waals surface area contributed by atoms with Crippen molar-refractivity contribution in [2.75, 3.05) is 18.4 Å². The van der Waals surface area contributed by atoms with Gasteiger partial charge in [0.25, 0.3) is 0 Å². The largest absolute Gasteiger partial charge is 0.355 e. The number of carbonyl (C=O) groups excluding carboxylic acids is 1. The van der Waals surface area contributed by atoms with E-state index >= 15 is 0 Å². The summed E-state index contributed by atoms with van der Waals surface area (Å²) in [6.07, 6.45) is 4.66. The first-order valence-electron chi connectivity index (χ1n) is 11.4. The van der Waals surface area contributed by atoms with Gasteiger partial charge in [-0.15, -0.1) is 0 Å². The van der Waals surface area contributed by atoms with Crippen molar-refractivity contribution >= 4 is 45.4 Å². The van der Waals surface area contributed by atoms with Gasteiger partial charge in [-0.05, 0) is 75.1 Å². The van der Waals surface area contributed by atoms with Gasteiger partial charge in [0.2, 0.25) is 15.9 Å². The first-order valence-corrected chi connectivity index (χ1v) is 13.2. The lowest BCUT2D eigenvalue weighted by atomic mass is 9.99. The second kappa shape index (κ2) is 10.4. The summed E-state index contributed by atoms with van der Waals surface area (Å²) in [6, 6.07) is 12.9. The Morgan fingerprint density at radius 2 is 1.89 bits per heavy atom. The molecule has 2 heterocycles. The number of hydrogen-bond donors (Lipinski definition) is 1. The van der Waals surface area contributed by atoms with Crippen molar-refractivity contribution in [1.82, 2.24) is 9.46 Å². The van der Waals surface area contributed by atoms with Gasteiger partial charge in [0.1, 0.15) is 5.69 Å². The summed E-state index contributed by atoms with van der Waals surface area (Å²) in [7, 11) is -3.92. The molecule has 7 nitrogen and oxygen atoms in total. The van der Waals surface area contributed by atoms with Gasteiger partial charge in [-0.25, -0.2) is 8.42 Å². The summed E-state index contributed by atoms with van der Waals surface area (Å²) in [4.78, 5) is 12.9. The smallest absolute Gasteiger partial charge is 0.248 e. The Morgan fingerprint density at radius 1 is 1.14 bits per heavy atom. The van der Waals surface area contributed by atoms with Gasteiger partial charge in [0.15, 0.2) is 10.7 Å². The van der Waals surface area contributed by atoms with Gasteiger partial charge in [0.05, 0.1) is 5.92 Å². The number of aryl methyl sites for hydroxylation is 3. The Kier molecular flexibility index (Phi) is 7.44. The molecule has 0 bridgehead atoms. The number of rotatable bonds is 6. The number of piperidine rings is 1. The Labute approximate surface area is 210 Å². The molecule has 4 rings (SSSR count). The maximum Gasteiger partial charge on any atom is 0.248 e. The Balaban J connectivity index is 1.55. The Bertz CT molecular complexity index is 1360. The third-order valence-corrected chi connectivity index (χ3v) is 8.42. The molecule has 1 N–H and O–H groups in total. The highest BCUT2D eigenvalue weighted by Gasteiger charge is 2.37. The van der Waals surface area contributed by atoms with Crippen molar-refractivity contribution in [2.24, 2.45) is 5.92 Å². The number of nitrogens with zero attached hydrogens (tertiary/aromatic N) is 2. The zero-order valence-corrected chi connectivity index (χ0v) is 21.5. The molecule has 1 atom stereocenters. The minimum Gasteiger partial charge on any atom is -0.355 e. The van der Waals surface area contributed by atoms with Crippen LogP contribution in [0.4, 0.5) is 5.69 Å². The molecule has 184 valence electrons. The van der Waals surface area contributed by atoms with Crippen LogP contribution in [0.1, 0.15) is 41.0 Å². The second-order valence-electron chi connectivity index (χ2n) is 8.85. The van der Waals surface area contributed by atoms with Crippen LogP contribution in [-0.4, -0.2) is 36.9 Å². The van der Waals surface area contributed by atoms with E-state index in [9.17, 15) is 13.2 Å². The normalized spacial score (nSPS) is 17.1. The minimum atomic E-state index is -3.92. The van der Waals surface area contributed by atoms with Gasteiger partial charge in [-0.1, -0.05) is 46.6 Å². The molecule has 0 aliphatic carbocycles. The minimum absolute atomic E-state index is 0.0396. The molecule has 1 saturated heterocycles. The number of aromatic nitrogens is 1. The van der Waals surface area contributed by atoms with Crippen molar-refractivity contribution in [2.45, 2.75) is 38.5 Å². The molecule has 1 aliphatic heterocycles. The summed E-state index contributed by atoms with van der Waals surface area (Å²) < 4.78 is 34.0. The first-order chi connectivity index (χ1) is 16.6. The quantitative estimate of drug-likeness (QED) is 0.472. The molecule has 1 aliphatic rings. The molecule has 0 saturated carbocycles. The van der Waals surface area contributed by atoms with Crippen molar-refractivity contribution < 1.29 is 17.7 Å². The van der Waals surface area contributed by atoms with Crippen LogP contribution in [0.25, 0.3) is 12.2 Å². The standard InChI is InChI=1S/C26H28ClN3O4S/c1-17-6-7-18(2)20(15-17)8-13-24-25(19(3)29-34-24)35(32,33)30-14-4-5-21(16-30)26(31)28-23-11-9-22(27)10-12-23/h6-13,15,21H,4-5,14,16H2,1-3H3,(H,28,31)/b13-8+/t21-/m0/s1. The molecular formula is C26H28ClN3O4S. The number of sulfonamides is 1. The zero-order chi connectivity index (χ0) is 25.2. The number of amides is 1. The fraction of sp³-hybridized carbons (Fsp3) is 0.308. The fourth-order valence-electron chi connectivity index (χ4n) is 4.19. The highest BCUT2D eigenvalue weighted by atomic mass is 35.5. The number of carbonyl (C=O) groups is 1. The average molecular weight is 514 g/mol. The van der Waals surface area contributed by atoms with E-state index < -0.39 is 15.9 Å². The van der Waals surface area contributed by atoms with Gasteiger partial charge >= 0.3 is 0 Å². The van der Waals surface area contributed by atoms with E-state index in [0.29, 0.717) is 35.8 Å². The molecule has 1 aromatic heterocycles. The number of hydrogen-bond acceptors (Lipinski definition) is 5. The predicted molar refractivity (Wildman–Crippen MR) is 138 cm³/mol. The van der Waals surface area contributed by atoms with Crippen LogP contribution >= 0.6 is 11.6 Å². The average Bonchev–Trinajstić information content (AvgIpc) is 3.22. The monoisotopic (exact) mass is 513 g/mol. The SMILES string of the molecule is Cc1ccc(C)c(/C=C/c2onc(C)c2S(=O)(=O)N2CCC[C@H](C(=O)Nc3ccc(Cl)cc3)C2)c1. The highest BCUT2D eigenvalue weighted by Crippen LogP contribution is 2.30. The first kappa shape index (κ1) is 25.2. The van der Waals surface area contributed by atoms with E-state index in [4.69, 9.17) is 16.1 Å². The molecule has 9 heteroatoms. The lowest BCUT2D eigenvalue weighted by Crippen LogP contribution is -2.43. The Hall–Kier alpha value is -2.94. The summed E-state index contributed by atoms with van der Waals surface area (Å²) in [6.45, 7) is 6.02. The molecule has 0 unspecified atom stereocenters. The third kappa shape index (κ3) is 5.66. The molecule has 3 aromatic rings. The van der Waals surface area contributed by atoms with Crippen LogP contribution in [0.3, 0.4) is 0 Å². The van der Waals surface area contributed by atoms with Crippen LogP contribution < -0.4 is 5.32 Å². The number of benzene rings is 2. The van der Waals surface area contributed by atoms with Crippen molar-refractivity contribution in [3.63, 3.8) is 0 Å². The Morgan fingerprint density at radius 3 is 2.63 bits per heavy atom. The lowest BCUT2D eigenvalue weighted by Gasteiger charge is -2.31. The van der Waals surface area contributed by atoms with Crippen molar-refractivity contribution in [1.29, 1.82) is 0 Å². The molecule has 1 fully saturated rings. The molecule has 35 heavy (non-hydrogen) atoms. The summed E-state index contributed by atoms with van der Waals surface area (Å²) in [5, 5.41) is 7.35. The van der Waals surface area contributed by atoms with E-state index in [1.54, 1.807) is 37.3 Å². The van der Waals surface area contributed by atoms with Gasteiger partial charge in [-0.2, -0.15) is 4.31 Å². The van der Waals surface area contributed by atoms with Gasteiger partial charge in [-0.3, -0.25) is 4.79 Å². The molecule has 2 aromatic carbocycles. The second-order valence-corrected chi connectivity index (χ2v) is 11.2. The summed E-state index contributed by atoms with van der Waals surface area (Å²) >= 11 is 5.91. The highest BCUT2D eigenvalue weighted by molar-refractivity contribution is 7.89. The molecule has 1 amide bonds. The lowest BCUT2D eigenvalue weighted by molar-refractivity contribution is -0.120. The maximum atomic E-state index is 13.6. The molecular weight excluding hydrogens is 486 g/mol. The van der Waals surface area contributed by atoms with Crippen LogP contribution in [-0.2, 0) is 14.8 Å². The van der Waals surface area contributed by atoms with Crippen molar-refractivity contribution in [3.05, 3.63) is 75.6 Å². The number of nitrogens with one attached hydrogen (secondary N) is 1. The van der Waals surface area contributed by atoms with E-state index in [2.05, 4.69) is 10.5 Å². The van der Waals surface area contributed by atoms with E-state index in [1.807, 2.05) is 38.1 Å². The van der Waals surface area contributed by atoms with E-state index in [0.717, 1.165) is 16.7 Å². The summed E-state index contributed by atoms with van der Waals surface area (Å²) in [5.41, 5.74) is 4.05. The van der Waals surface area contributed by atoms with Crippen LogP contribution in [0.15, 0.2) is 51.9 Å². The van der Waals surface area contributed by atoms with E-state index in [1.165, 1.54) is 4.31 Å². The number of halogens is 1. The van der Waals surface area contributed by atoms with E-state index in [-0.39, 0.29) is 23.1 Å².